The molecule has 1 heterocycles. The molecule has 1 unspecified atom stereocenters. The summed E-state index contributed by atoms with van der Waals surface area (Å²) in [6.45, 7) is 7.59. The van der Waals surface area contributed by atoms with Gasteiger partial charge in [0.1, 0.15) is 5.60 Å². The van der Waals surface area contributed by atoms with Crippen molar-refractivity contribution >= 4 is 23.3 Å². The second kappa shape index (κ2) is 5.18. The smallest absolute Gasteiger partial charge is 0.410 e. The van der Waals surface area contributed by atoms with Crippen LogP contribution in [0.3, 0.4) is 0 Å². The van der Waals surface area contributed by atoms with Crippen LogP contribution in [0.25, 0.3) is 0 Å². The highest BCUT2D eigenvalue weighted by atomic mass is 32.1. The van der Waals surface area contributed by atoms with Gasteiger partial charge in [-0.25, -0.2) is 4.79 Å². The van der Waals surface area contributed by atoms with E-state index in [-0.39, 0.29) is 12.1 Å². The summed E-state index contributed by atoms with van der Waals surface area (Å²) < 4.78 is 5.35. The first-order valence-corrected chi connectivity index (χ1v) is 6.09. The zero-order valence-electron chi connectivity index (χ0n) is 10.9. The van der Waals surface area contributed by atoms with Gasteiger partial charge in [-0.3, -0.25) is 4.90 Å². The van der Waals surface area contributed by atoms with Crippen LogP contribution < -0.4 is 5.73 Å². The van der Waals surface area contributed by atoms with Crippen molar-refractivity contribution in [3.05, 3.63) is 0 Å². The standard InChI is InChI=1S/C11H21N3O2S/c1-11(2,3)16-10(15)14-6-5-13(4)7-8(14)9(12)17/h8H,5-7H2,1-4H3,(H2,12,17). The van der Waals surface area contributed by atoms with E-state index in [1.54, 1.807) is 4.90 Å². The summed E-state index contributed by atoms with van der Waals surface area (Å²) in [5, 5.41) is 0. The Bertz CT molecular complexity index is 314. The molecule has 1 saturated heterocycles. The molecule has 5 nitrogen and oxygen atoms in total. The molecule has 1 aliphatic heterocycles. The van der Waals surface area contributed by atoms with Crippen molar-refractivity contribution in [2.24, 2.45) is 5.73 Å². The first-order valence-electron chi connectivity index (χ1n) is 5.68. The topological polar surface area (TPSA) is 58.8 Å². The number of nitrogens with zero attached hydrogens (tertiary/aromatic N) is 2. The number of piperazine rings is 1. The SMILES string of the molecule is CN1CCN(C(=O)OC(C)(C)C)C(C(N)=S)C1. The van der Waals surface area contributed by atoms with E-state index in [2.05, 4.69) is 4.90 Å². The molecule has 1 amide bonds. The number of nitrogens with two attached hydrogens (primary N) is 1. The van der Waals surface area contributed by atoms with E-state index in [0.717, 1.165) is 6.54 Å². The lowest BCUT2D eigenvalue weighted by Crippen LogP contribution is -2.59. The first-order chi connectivity index (χ1) is 7.70. The highest BCUT2D eigenvalue weighted by Gasteiger charge is 2.33. The van der Waals surface area contributed by atoms with Gasteiger partial charge < -0.3 is 15.4 Å². The van der Waals surface area contributed by atoms with Crippen molar-refractivity contribution in [2.75, 3.05) is 26.7 Å². The molecule has 0 aliphatic carbocycles. The molecule has 0 radical (unpaired) electrons. The van der Waals surface area contributed by atoms with Gasteiger partial charge in [-0.15, -0.1) is 0 Å². The van der Waals surface area contributed by atoms with Crippen LogP contribution in [-0.4, -0.2) is 59.2 Å². The Morgan fingerprint density at radius 3 is 2.47 bits per heavy atom. The fourth-order valence-electron chi connectivity index (χ4n) is 1.70. The van der Waals surface area contributed by atoms with Crippen LogP contribution in [0.5, 0.6) is 0 Å². The average molecular weight is 259 g/mol. The van der Waals surface area contributed by atoms with Gasteiger partial charge in [0.05, 0.1) is 11.0 Å². The molecule has 6 heteroatoms. The number of hydrogen-bond acceptors (Lipinski definition) is 4. The summed E-state index contributed by atoms with van der Waals surface area (Å²) in [6, 6.07) is -0.237. The fraction of sp³-hybridized carbons (Fsp3) is 0.818. The molecule has 0 aromatic rings. The van der Waals surface area contributed by atoms with Gasteiger partial charge in [0.25, 0.3) is 0 Å². The maximum atomic E-state index is 12.0. The van der Waals surface area contributed by atoms with Gasteiger partial charge in [0.2, 0.25) is 0 Å². The van der Waals surface area contributed by atoms with Crippen LogP contribution >= 0.6 is 12.2 Å². The van der Waals surface area contributed by atoms with E-state index in [0.29, 0.717) is 18.1 Å². The van der Waals surface area contributed by atoms with Crippen LogP contribution in [0.1, 0.15) is 20.8 Å². The average Bonchev–Trinajstić information content (AvgIpc) is 2.14. The largest absolute Gasteiger partial charge is 0.444 e. The molecule has 1 aliphatic rings. The Hall–Kier alpha value is -0.880. The van der Waals surface area contributed by atoms with Crippen molar-refractivity contribution in [1.29, 1.82) is 0 Å². The normalized spacial score (nSPS) is 22.4. The summed E-state index contributed by atoms with van der Waals surface area (Å²) in [6.07, 6.45) is -0.344. The number of hydrogen-bond donors (Lipinski definition) is 1. The minimum Gasteiger partial charge on any atom is -0.444 e. The number of ether oxygens (including phenoxy) is 1. The predicted octanol–water partition coefficient (Wildman–Crippen LogP) is 0.824. The van der Waals surface area contributed by atoms with Crippen LogP contribution in [0.15, 0.2) is 0 Å². The molecule has 17 heavy (non-hydrogen) atoms. The molecule has 0 saturated carbocycles. The molecule has 0 aromatic carbocycles. The monoisotopic (exact) mass is 259 g/mol. The van der Waals surface area contributed by atoms with E-state index >= 15 is 0 Å². The summed E-state index contributed by atoms with van der Waals surface area (Å²) in [4.78, 5) is 16.1. The highest BCUT2D eigenvalue weighted by molar-refractivity contribution is 7.80. The highest BCUT2D eigenvalue weighted by Crippen LogP contribution is 2.15. The van der Waals surface area contributed by atoms with Crippen molar-refractivity contribution in [3.8, 4) is 0 Å². The summed E-state index contributed by atoms with van der Waals surface area (Å²) in [5.74, 6) is 0. The molecule has 0 aromatic heterocycles. The summed E-state index contributed by atoms with van der Waals surface area (Å²) in [5.41, 5.74) is 5.18. The van der Waals surface area contributed by atoms with E-state index in [1.165, 1.54) is 0 Å². The lowest BCUT2D eigenvalue weighted by Gasteiger charge is -2.39. The Morgan fingerprint density at radius 1 is 1.41 bits per heavy atom. The molecular formula is C11H21N3O2S. The number of amides is 1. The van der Waals surface area contributed by atoms with Crippen molar-refractivity contribution in [1.82, 2.24) is 9.80 Å². The van der Waals surface area contributed by atoms with Crippen molar-refractivity contribution < 1.29 is 9.53 Å². The van der Waals surface area contributed by atoms with Gasteiger partial charge in [-0.1, -0.05) is 12.2 Å². The number of likely N-dealkylation sites (N-methyl/N-ethyl adjacent to an activating group) is 1. The van der Waals surface area contributed by atoms with Crippen LogP contribution in [0.4, 0.5) is 4.79 Å². The minimum absolute atomic E-state index is 0.237. The van der Waals surface area contributed by atoms with Crippen LogP contribution in [-0.2, 0) is 4.74 Å². The van der Waals surface area contributed by atoms with Crippen LogP contribution in [0.2, 0.25) is 0 Å². The molecule has 2 N–H and O–H groups in total. The zero-order valence-corrected chi connectivity index (χ0v) is 11.7. The van der Waals surface area contributed by atoms with E-state index in [1.807, 2.05) is 27.8 Å². The van der Waals surface area contributed by atoms with Crippen molar-refractivity contribution in [2.45, 2.75) is 32.4 Å². The van der Waals surface area contributed by atoms with Crippen molar-refractivity contribution in [3.63, 3.8) is 0 Å². The quantitative estimate of drug-likeness (QED) is 0.707. The molecule has 0 bridgehead atoms. The lowest BCUT2D eigenvalue weighted by molar-refractivity contribution is 0.0103. The van der Waals surface area contributed by atoms with Gasteiger partial charge in [0, 0.05) is 19.6 Å². The maximum absolute atomic E-state index is 12.0. The van der Waals surface area contributed by atoms with E-state index in [9.17, 15) is 4.79 Å². The third-order valence-electron chi connectivity index (χ3n) is 2.54. The minimum atomic E-state index is -0.499. The predicted molar refractivity (Wildman–Crippen MR) is 71.0 cm³/mol. The number of rotatable bonds is 1. The Morgan fingerprint density at radius 2 is 2.00 bits per heavy atom. The van der Waals surface area contributed by atoms with Gasteiger partial charge >= 0.3 is 6.09 Å². The number of thiocarbonyl (C=S) groups is 1. The second-order valence-electron chi connectivity index (χ2n) is 5.35. The Labute approximate surface area is 108 Å². The third-order valence-corrected chi connectivity index (χ3v) is 2.81. The first kappa shape index (κ1) is 14.2. The molecule has 1 atom stereocenters. The number of carbonyl (C=O) groups excluding carboxylic acids is 1. The lowest BCUT2D eigenvalue weighted by atomic mass is 10.1. The Balaban J connectivity index is 2.73. The van der Waals surface area contributed by atoms with Crippen LogP contribution in [0, 0.1) is 0 Å². The Kier molecular flexibility index (Phi) is 4.32. The van der Waals surface area contributed by atoms with Gasteiger partial charge in [-0.05, 0) is 27.8 Å². The molecular weight excluding hydrogens is 238 g/mol. The maximum Gasteiger partial charge on any atom is 0.410 e. The second-order valence-corrected chi connectivity index (χ2v) is 5.83. The summed E-state index contributed by atoms with van der Waals surface area (Å²) in [7, 11) is 1.98. The molecule has 1 rings (SSSR count). The van der Waals surface area contributed by atoms with Gasteiger partial charge in [0.15, 0.2) is 0 Å². The van der Waals surface area contributed by atoms with E-state index in [4.69, 9.17) is 22.7 Å². The summed E-state index contributed by atoms with van der Waals surface area (Å²) >= 11 is 5.01. The number of carbonyl (C=O) groups is 1. The van der Waals surface area contributed by atoms with Gasteiger partial charge in [-0.2, -0.15) is 0 Å². The molecule has 98 valence electrons. The zero-order chi connectivity index (χ0) is 13.2. The molecule has 1 fully saturated rings. The fourth-order valence-corrected chi connectivity index (χ4v) is 1.90. The third kappa shape index (κ3) is 4.12. The van der Waals surface area contributed by atoms with E-state index < -0.39 is 5.60 Å². The molecule has 0 spiro atoms.